The Bertz CT molecular complexity index is 1440. The second-order valence-electron chi connectivity index (χ2n) is 9.35. The molecule has 2 atom stereocenters. The Kier molecular flexibility index (Phi) is 5.28. The van der Waals surface area contributed by atoms with E-state index >= 15 is 0 Å². The summed E-state index contributed by atoms with van der Waals surface area (Å²) < 4.78 is 17.7. The molecule has 1 saturated heterocycles. The van der Waals surface area contributed by atoms with Gasteiger partial charge in [-0.15, -0.1) is 0 Å². The largest absolute Gasteiger partial charge is 0.480 e. The van der Waals surface area contributed by atoms with Gasteiger partial charge in [-0.3, -0.25) is 4.90 Å². The lowest BCUT2D eigenvalue weighted by atomic mass is 10.1. The molecule has 1 N–H and O–H groups in total. The van der Waals surface area contributed by atoms with Crippen LogP contribution in [0.15, 0.2) is 46.9 Å². The number of carboxylic acid groups (broad SMARTS) is 1. The van der Waals surface area contributed by atoms with Crippen molar-refractivity contribution in [3.63, 3.8) is 0 Å². The summed E-state index contributed by atoms with van der Waals surface area (Å²) in [5.41, 5.74) is 1.12. The van der Waals surface area contributed by atoms with E-state index in [2.05, 4.69) is 0 Å². The molecule has 1 aliphatic rings. The third-order valence-corrected chi connectivity index (χ3v) is 5.93. The van der Waals surface area contributed by atoms with Gasteiger partial charge in [0.1, 0.15) is 28.8 Å². The molecule has 0 bridgehead atoms. The van der Waals surface area contributed by atoms with Crippen molar-refractivity contribution in [2.24, 2.45) is 0 Å². The van der Waals surface area contributed by atoms with Crippen molar-refractivity contribution in [1.82, 2.24) is 9.88 Å². The van der Waals surface area contributed by atoms with Crippen LogP contribution in [0.25, 0.3) is 32.8 Å². The average Bonchev–Trinajstić information content (AvgIpc) is 3.35. The summed E-state index contributed by atoms with van der Waals surface area (Å²) in [6.07, 6.45) is -1.15. The predicted molar refractivity (Wildman–Crippen MR) is 127 cm³/mol. The lowest BCUT2D eigenvalue weighted by Crippen LogP contribution is -2.43. The van der Waals surface area contributed by atoms with E-state index in [0.29, 0.717) is 27.6 Å². The highest BCUT2D eigenvalue weighted by atomic mass is 35.5. The van der Waals surface area contributed by atoms with Crippen molar-refractivity contribution in [2.75, 3.05) is 6.54 Å². The molecule has 176 valence electrons. The minimum absolute atomic E-state index is 0.0673. The van der Waals surface area contributed by atoms with Gasteiger partial charge in [0.2, 0.25) is 5.88 Å². The van der Waals surface area contributed by atoms with Crippen LogP contribution in [0.3, 0.4) is 0 Å². The first kappa shape index (κ1) is 22.3. The van der Waals surface area contributed by atoms with Gasteiger partial charge in [0.15, 0.2) is 5.58 Å². The SMILES string of the molecule is CC(C)(C)OC(=O)N1C[C@H](Oc2nc3c4cc(Cl)ccc4oc3c3ccccc23)C[C@H]1C(=O)O. The van der Waals surface area contributed by atoms with E-state index in [1.807, 2.05) is 24.3 Å². The summed E-state index contributed by atoms with van der Waals surface area (Å²) in [6, 6.07) is 11.8. The number of carboxylic acids is 1. The molecule has 0 unspecified atom stereocenters. The van der Waals surface area contributed by atoms with Crippen molar-refractivity contribution in [1.29, 1.82) is 0 Å². The number of rotatable bonds is 3. The quantitative estimate of drug-likeness (QED) is 0.403. The maximum Gasteiger partial charge on any atom is 0.411 e. The summed E-state index contributed by atoms with van der Waals surface area (Å²) in [4.78, 5) is 30.5. The minimum Gasteiger partial charge on any atom is -0.480 e. The van der Waals surface area contributed by atoms with Gasteiger partial charge in [-0.2, -0.15) is 0 Å². The number of aromatic nitrogens is 1. The van der Waals surface area contributed by atoms with Crippen molar-refractivity contribution in [3.05, 3.63) is 47.5 Å². The third-order valence-electron chi connectivity index (χ3n) is 5.69. The van der Waals surface area contributed by atoms with Crippen LogP contribution in [0.1, 0.15) is 27.2 Å². The first-order valence-corrected chi connectivity index (χ1v) is 11.3. The fourth-order valence-corrected chi connectivity index (χ4v) is 4.44. The number of likely N-dealkylation sites (tertiary alicyclic amines) is 1. The Morgan fingerprint density at radius 2 is 1.88 bits per heavy atom. The fraction of sp³-hybridized carbons (Fsp3) is 0.320. The van der Waals surface area contributed by atoms with Crippen molar-refractivity contribution < 1.29 is 28.6 Å². The number of pyridine rings is 1. The molecule has 1 amide bonds. The fourth-order valence-electron chi connectivity index (χ4n) is 4.27. The van der Waals surface area contributed by atoms with E-state index in [1.165, 1.54) is 4.90 Å². The molecule has 2 aromatic heterocycles. The van der Waals surface area contributed by atoms with Gasteiger partial charge in [-0.25, -0.2) is 14.6 Å². The zero-order chi connectivity index (χ0) is 24.2. The first-order chi connectivity index (χ1) is 16.1. The molecular weight excluding hydrogens is 460 g/mol. The second kappa shape index (κ2) is 8.06. The van der Waals surface area contributed by atoms with E-state index in [9.17, 15) is 14.7 Å². The number of halogens is 1. The summed E-state index contributed by atoms with van der Waals surface area (Å²) >= 11 is 6.20. The smallest absolute Gasteiger partial charge is 0.411 e. The number of carbonyl (C=O) groups is 2. The zero-order valence-corrected chi connectivity index (χ0v) is 19.6. The van der Waals surface area contributed by atoms with Gasteiger partial charge in [0.05, 0.1) is 6.54 Å². The molecular formula is C25H23ClN2O6. The Morgan fingerprint density at radius 3 is 2.59 bits per heavy atom. The summed E-state index contributed by atoms with van der Waals surface area (Å²) in [5, 5.41) is 12.5. The van der Waals surface area contributed by atoms with Crippen LogP contribution in [-0.2, 0) is 9.53 Å². The molecule has 5 rings (SSSR count). The number of fused-ring (bicyclic) bond motifs is 5. The minimum atomic E-state index is -1.11. The number of hydrogen-bond acceptors (Lipinski definition) is 6. The lowest BCUT2D eigenvalue weighted by molar-refractivity contribution is -0.142. The van der Waals surface area contributed by atoms with Gasteiger partial charge in [-0.05, 0) is 45.0 Å². The molecule has 0 spiro atoms. The molecule has 0 aliphatic carbocycles. The number of carbonyl (C=O) groups excluding carboxylic acids is 1. The Morgan fingerprint density at radius 1 is 1.15 bits per heavy atom. The standard InChI is InChI=1S/C25H23ClN2O6/c1-25(2,3)34-24(31)28-12-14(11-18(28)23(29)30)32-22-16-7-5-4-6-15(16)21-20(27-22)17-10-13(26)8-9-19(17)33-21/h4-10,14,18H,11-12H2,1-3H3,(H,29,30)/t14-,18+/m1/s1. The van der Waals surface area contributed by atoms with Crippen LogP contribution in [-0.4, -0.2) is 51.3 Å². The zero-order valence-electron chi connectivity index (χ0n) is 18.9. The monoisotopic (exact) mass is 482 g/mol. The molecule has 0 saturated carbocycles. The third kappa shape index (κ3) is 3.98. The topological polar surface area (TPSA) is 102 Å². The average molecular weight is 483 g/mol. The number of furan rings is 1. The first-order valence-electron chi connectivity index (χ1n) is 10.9. The lowest BCUT2D eigenvalue weighted by Gasteiger charge is -2.26. The number of aliphatic carboxylic acids is 1. The maximum absolute atomic E-state index is 12.6. The van der Waals surface area contributed by atoms with Crippen LogP contribution < -0.4 is 4.74 Å². The molecule has 1 aliphatic heterocycles. The Hall–Kier alpha value is -3.52. The van der Waals surface area contributed by atoms with Gasteiger partial charge >= 0.3 is 12.1 Å². The number of hydrogen-bond donors (Lipinski definition) is 1. The summed E-state index contributed by atoms with van der Waals surface area (Å²) in [7, 11) is 0. The van der Waals surface area contributed by atoms with Crippen molar-refractivity contribution in [3.8, 4) is 5.88 Å². The Balaban J connectivity index is 1.54. The number of amides is 1. The van der Waals surface area contributed by atoms with E-state index in [-0.39, 0.29) is 13.0 Å². The van der Waals surface area contributed by atoms with Crippen LogP contribution in [0, 0.1) is 0 Å². The van der Waals surface area contributed by atoms with Gasteiger partial charge in [0, 0.05) is 27.6 Å². The highest BCUT2D eigenvalue weighted by molar-refractivity contribution is 6.31. The van der Waals surface area contributed by atoms with E-state index in [4.69, 9.17) is 30.5 Å². The second-order valence-corrected chi connectivity index (χ2v) is 9.78. The number of ether oxygens (including phenoxy) is 2. The van der Waals surface area contributed by atoms with Crippen molar-refractivity contribution >= 4 is 56.5 Å². The molecule has 8 nitrogen and oxygen atoms in total. The molecule has 34 heavy (non-hydrogen) atoms. The van der Waals surface area contributed by atoms with Gasteiger partial charge in [-0.1, -0.05) is 29.8 Å². The molecule has 0 radical (unpaired) electrons. The van der Waals surface area contributed by atoms with E-state index in [0.717, 1.165) is 16.2 Å². The Labute approximate surface area is 200 Å². The van der Waals surface area contributed by atoms with Crippen LogP contribution in [0.4, 0.5) is 4.79 Å². The molecule has 2 aromatic carbocycles. The highest BCUT2D eigenvalue weighted by Crippen LogP contribution is 2.38. The summed E-state index contributed by atoms with van der Waals surface area (Å²) in [5.74, 6) is -0.772. The number of nitrogens with zero attached hydrogens (tertiary/aromatic N) is 2. The number of benzene rings is 2. The summed E-state index contributed by atoms with van der Waals surface area (Å²) in [6.45, 7) is 5.27. The maximum atomic E-state index is 12.6. The van der Waals surface area contributed by atoms with Gasteiger partial charge in [0.25, 0.3) is 0 Å². The predicted octanol–water partition coefficient (Wildman–Crippen LogP) is 5.63. The van der Waals surface area contributed by atoms with Crippen LogP contribution in [0.2, 0.25) is 5.02 Å². The van der Waals surface area contributed by atoms with Crippen LogP contribution in [0.5, 0.6) is 5.88 Å². The molecule has 4 aromatic rings. The van der Waals surface area contributed by atoms with E-state index < -0.39 is 29.8 Å². The van der Waals surface area contributed by atoms with Crippen LogP contribution >= 0.6 is 11.6 Å². The molecule has 3 heterocycles. The molecule has 9 heteroatoms. The molecule has 1 fully saturated rings. The highest BCUT2D eigenvalue weighted by Gasteiger charge is 2.43. The van der Waals surface area contributed by atoms with E-state index in [1.54, 1.807) is 39.0 Å². The normalized spacial score (nSPS) is 18.6. The van der Waals surface area contributed by atoms with Crippen molar-refractivity contribution in [2.45, 2.75) is 44.9 Å². The van der Waals surface area contributed by atoms with Gasteiger partial charge < -0.3 is 19.0 Å².